The summed E-state index contributed by atoms with van der Waals surface area (Å²) in [6, 6.07) is 5.29. The summed E-state index contributed by atoms with van der Waals surface area (Å²) in [5.41, 5.74) is 2.30. The smallest absolute Gasteiger partial charge is 0.271 e. The van der Waals surface area contributed by atoms with Gasteiger partial charge in [0, 0.05) is 6.04 Å². The van der Waals surface area contributed by atoms with Gasteiger partial charge in [-0.3, -0.25) is 11.3 Å². The number of rotatable bonds is 3. The van der Waals surface area contributed by atoms with Crippen molar-refractivity contribution in [3.63, 3.8) is 0 Å². The van der Waals surface area contributed by atoms with E-state index in [2.05, 4.69) is 12.3 Å². The van der Waals surface area contributed by atoms with Crippen LogP contribution in [0.15, 0.2) is 24.3 Å². The van der Waals surface area contributed by atoms with Gasteiger partial charge in [-0.15, -0.1) is 0 Å². The zero-order valence-electron chi connectivity index (χ0n) is 11.6. The summed E-state index contributed by atoms with van der Waals surface area (Å²) in [5.74, 6) is 6.28. The van der Waals surface area contributed by atoms with Crippen LogP contribution < -0.4 is 11.3 Å². The average molecular weight is 286 g/mol. The molecular weight excluding hydrogens is 265 g/mol. The molecule has 1 aliphatic rings. The number of hydrazine groups is 1. The molecule has 0 spiro atoms. The molecule has 0 heterocycles. The van der Waals surface area contributed by atoms with Crippen LogP contribution in [0.4, 0.5) is 13.2 Å². The van der Waals surface area contributed by atoms with Gasteiger partial charge >= 0.3 is 6.18 Å². The molecule has 1 fully saturated rings. The molecule has 112 valence electrons. The second-order valence-electron chi connectivity index (χ2n) is 5.76. The minimum atomic E-state index is -4.34. The molecule has 0 amide bonds. The van der Waals surface area contributed by atoms with Gasteiger partial charge in [-0.2, -0.15) is 13.2 Å². The molecular formula is C15H21F3N2. The van der Waals surface area contributed by atoms with E-state index in [0.29, 0.717) is 5.92 Å². The molecule has 3 N–H and O–H groups in total. The Morgan fingerprint density at radius 3 is 2.55 bits per heavy atom. The highest BCUT2D eigenvalue weighted by Gasteiger charge is 2.37. The summed E-state index contributed by atoms with van der Waals surface area (Å²) in [7, 11) is 0. The minimum Gasteiger partial charge on any atom is -0.271 e. The summed E-state index contributed by atoms with van der Waals surface area (Å²) < 4.78 is 39.4. The van der Waals surface area contributed by atoms with E-state index >= 15 is 0 Å². The first-order chi connectivity index (χ1) is 9.43. The van der Waals surface area contributed by atoms with Crippen molar-refractivity contribution in [3.8, 4) is 0 Å². The molecule has 0 bridgehead atoms. The van der Waals surface area contributed by atoms with Crippen LogP contribution in [0.25, 0.3) is 0 Å². The summed E-state index contributed by atoms with van der Waals surface area (Å²) in [5, 5.41) is 0. The molecule has 5 heteroatoms. The van der Waals surface area contributed by atoms with Crippen molar-refractivity contribution < 1.29 is 13.2 Å². The molecule has 3 unspecified atom stereocenters. The topological polar surface area (TPSA) is 38.0 Å². The van der Waals surface area contributed by atoms with Crippen molar-refractivity contribution in [2.24, 2.45) is 17.7 Å². The molecule has 0 saturated heterocycles. The first kappa shape index (κ1) is 15.3. The highest BCUT2D eigenvalue weighted by Crippen LogP contribution is 2.41. The van der Waals surface area contributed by atoms with Crippen LogP contribution in [-0.2, 0) is 6.18 Å². The van der Waals surface area contributed by atoms with Gasteiger partial charge in [0.05, 0.1) is 5.56 Å². The Balaban J connectivity index is 2.32. The van der Waals surface area contributed by atoms with E-state index in [-0.39, 0.29) is 11.5 Å². The SMILES string of the molecule is CC1CCCC(C(NN)c2ccccc2C(F)(F)F)C1. The normalized spacial score (nSPS) is 25.4. The van der Waals surface area contributed by atoms with Gasteiger partial charge in [-0.25, -0.2) is 0 Å². The first-order valence-corrected chi connectivity index (χ1v) is 7.05. The molecule has 1 aliphatic carbocycles. The van der Waals surface area contributed by atoms with E-state index in [4.69, 9.17) is 5.84 Å². The maximum absolute atomic E-state index is 13.1. The van der Waals surface area contributed by atoms with Crippen molar-refractivity contribution in [2.75, 3.05) is 0 Å². The number of nitrogens with one attached hydrogen (secondary N) is 1. The van der Waals surface area contributed by atoms with Crippen molar-refractivity contribution in [1.29, 1.82) is 0 Å². The Morgan fingerprint density at radius 2 is 1.95 bits per heavy atom. The van der Waals surface area contributed by atoms with Crippen LogP contribution in [0.5, 0.6) is 0 Å². The van der Waals surface area contributed by atoms with Gasteiger partial charge in [-0.05, 0) is 36.3 Å². The van der Waals surface area contributed by atoms with Crippen LogP contribution in [-0.4, -0.2) is 0 Å². The fourth-order valence-electron chi connectivity index (χ4n) is 3.29. The average Bonchev–Trinajstić information content (AvgIpc) is 2.39. The minimum absolute atomic E-state index is 0.159. The second-order valence-corrected chi connectivity index (χ2v) is 5.76. The summed E-state index contributed by atoms with van der Waals surface area (Å²) in [6.07, 6.45) is -0.300. The number of hydrogen-bond acceptors (Lipinski definition) is 2. The van der Waals surface area contributed by atoms with Crippen LogP contribution in [0.2, 0.25) is 0 Å². The van der Waals surface area contributed by atoms with E-state index in [1.807, 2.05) is 0 Å². The molecule has 0 radical (unpaired) electrons. The van der Waals surface area contributed by atoms with E-state index in [0.717, 1.165) is 31.7 Å². The zero-order valence-corrected chi connectivity index (χ0v) is 11.6. The van der Waals surface area contributed by atoms with Crippen LogP contribution in [0.1, 0.15) is 49.8 Å². The summed E-state index contributed by atoms with van der Waals surface area (Å²) in [4.78, 5) is 0. The molecule has 20 heavy (non-hydrogen) atoms. The predicted molar refractivity (Wildman–Crippen MR) is 72.6 cm³/mol. The monoisotopic (exact) mass is 286 g/mol. The summed E-state index contributed by atoms with van der Waals surface area (Å²) in [6.45, 7) is 2.15. The molecule has 1 saturated carbocycles. The Labute approximate surface area is 117 Å². The molecule has 0 aliphatic heterocycles. The quantitative estimate of drug-likeness (QED) is 0.650. The van der Waals surface area contributed by atoms with Crippen molar-refractivity contribution in [3.05, 3.63) is 35.4 Å². The van der Waals surface area contributed by atoms with E-state index in [1.54, 1.807) is 6.07 Å². The molecule has 1 aromatic rings. The Bertz CT molecular complexity index is 445. The number of alkyl halides is 3. The third-order valence-corrected chi connectivity index (χ3v) is 4.23. The lowest BCUT2D eigenvalue weighted by molar-refractivity contribution is -0.138. The van der Waals surface area contributed by atoms with Crippen LogP contribution in [0.3, 0.4) is 0 Å². The molecule has 1 aromatic carbocycles. The van der Waals surface area contributed by atoms with Crippen molar-refractivity contribution in [2.45, 2.75) is 44.8 Å². The lowest BCUT2D eigenvalue weighted by Crippen LogP contribution is -2.36. The second kappa shape index (κ2) is 6.14. The zero-order chi connectivity index (χ0) is 14.8. The Hall–Kier alpha value is -1.07. The van der Waals surface area contributed by atoms with E-state index in [1.165, 1.54) is 12.1 Å². The van der Waals surface area contributed by atoms with Gasteiger partial charge in [0.1, 0.15) is 0 Å². The van der Waals surface area contributed by atoms with Gasteiger partial charge < -0.3 is 0 Å². The summed E-state index contributed by atoms with van der Waals surface area (Å²) >= 11 is 0. The maximum Gasteiger partial charge on any atom is 0.416 e. The van der Waals surface area contributed by atoms with Crippen molar-refractivity contribution >= 4 is 0 Å². The molecule has 2 rings (SSSR count). The first-order valence-electron chi connectivity index (χ1n) is 7.05. The maximum atomic E-state index is 13.1. The lowest BCUT2D eigenvalue weighted by atomic mass is 9.76. The standard InChI is InChI=1S/C15H21F3N2/c1-10-5-4-6-11(9-10)14(20-19)12-7-2-3-8-13(12)15(16,17)18/h2-3,7-8,10-11,14,20H,4-6,9,19H2,1H3. The lowest BCUT2D eigenvalue weighted by Gasteiger charge is -2.34. The van der Waals surface area contributed by atoms with Crippen LogP contribution in [0, 0.1) is 11.8 Å². The van der Waals surface area contributed by atoms with Gasteiger partial charge in [0.2, 0.25) is 0 Å². The number of halogens is 3. The Kier molecular flexibility index (Phi) is 4.70. The van der Waals surface area contributed by atoms with Gasteiger partial charge in [-0.1, -0.05) is 38.0 Å². The molecule has 2 nitrogen and oxygen atoms in total. The Morgan fingerprint density at radius 1 is 1.25 bits per heavy atom. The molecule has 0 aromatic heterocycles. The van der Waals surface area contributed by atoms with E-state index < -0.39 is 17.8 Å². The third kappa shape index (κ3) is 3.33. The number of nitrogens with two attached hydrogens (primary N) is 1. The van der Waals surface area contributed by atoms with E-state index in [9.17, 15) is 13.2 Å². The highest BCUT2D eigenvalue weighted by molar-refractivity contribution is 5.32. The largest absolute Gasteiger partial charge is 0.416 e. The highest BCUT2D eigenvalue weighted by atomic mass is 19.4. The predicted octanol–water partition coefficient (Wildman–Crippen LogP) is 4.04. The fourth-order valence-corrected chi connectivity index (χ4v) is 3.29. The fraction of sp³-hybridized carbons (Fsp3) is 0.600. The van der Waals surface area contributed by atoms with Gasteiger partial charge in [0.25, 0.3) is 0 Å². The number of hydrogen-bond donors (Lipinski definition) is 2. The third-order valence-electron chi connectivity index (χ3n) is 4.23. The van der Waals surface area contributed by atoms with Gasteiger partial charge in [0.15, 0.2) is 0 Å². The van der Waals surface area contributed by atoms with Crippen molar-refractivity contribution in [1.82, 2.24) is 5.43 Å². The number of benzene rings is 1. The molecule has 3 atom stereocenters. The van der Waals surface area contributed by atoms with Crippen LogP contribution >= 0.6 is 0 Å².